The first-order chi connectivity index (χ1) is 22.8. The van der Waals surface area contributed by atoms with E-state index in [0.717, 1.165) is 68.9 Å². The van der Waals surface area contributed by atoms with E-state index in [-0.39, 0.29) is 29.0 Å². The molecule has 2 aromatic rings. The number of carbonyl (C=O) groups is 2. The average Bonchev–Trinajstić information content (AvgIpc) is 3.36. The summed E-state index contributed by atoms with van der Waals surface area (Å²) in [5, 5.41) is 14.3. The zero-order chi connectivity index (χ0) is 34.5. The number of carbonyl (C=O) groups excluding carboxylic acids is 2. The van der Waals surface area contributed by atoms with Crippen molar-refractivity contribution in [3.63, 3.8) is 0 Å². The number of rotatable bonds is 7. The van der Waals surface area contributed by atoms with Gasteiger partial charge in [-0.3, -0.25) is 19.2 Å². The van der Waals surface area contributed by atoms with Gasteiger partial charge in [-0.05, 0) is 64.5 Å². The maximum absolute atomic E-state index is 12.3. The van der Waals surface area contributed by atoms with Crippen LogP contribution in [0.25, 0.3) is 11.1 Å². The Morgan fingerprint density at radius 1 is 1.10 bits per heavy atom. The van der Waals surface area contributed by atoms with E-state index in [4.69, 9.17) is 44.2 Å². The van der Waals surface area contributed by atoms with Crippen LogP contribution in [0.2, 0.25) is 10.0 Å². The van der Waals surface area contributed by atoms with Gasteiger partial charge in [0.05, 0.1) is 35.8 Å². The van der Waals surface area contributed by atoms with Gasteiger partial charge in [-0.25, -0.2) is 0 Å². The molecule has 4 aliphatic rings. The normalized spacial score (nSPS) is 22.9. The second-order valence-corrected chi connectivity index (χ2v) is 15.4. The highest BCUT2D eigenvalue weighted by Crippen LogP contribution is 2.48. The van der Waals surface area contributed by atoms with Crippen LogP contribution in [-0.4, -0.2) is 113 Å². The molecule has 2 amide bonds. The van der Waals surface area contributed by atoms with Crippen molar-refractivity contribution in [1.82, 2.24) is 24.5 Å². The third kappa shape index (κ3) is 6.34. The minimum atomic E-state index is -0.240. The molecule has 1 aromatic carbocycles. The van der Waals surface area contributed by atoms with Crippen molar-refractivity contribution in [2.24, 2.45) is 5.92 Å². The van der Waals surface area contributed by atoms with E-state index in [1.54, 1.807) is 13.0 Å². The number of nitrogens with zero attached hydrogens (tertiary/aromatic N) is 6. The van der Waals surface area contributed by atoms with Crippen molar-refractivity contribution < 1.29 is 14.3 Å². The Hall–Kier alpha value is -3.12. The molecule has 48 heavy (non-hydrogen) atoms. The third-order valence-electron chi connectivity index (χ3n) is 10.9. The van der Waals surface area contributed by atoms with Crippen molar-refractivity contribution in [1.29, 1.82) is 5.41 Å². The van der Waals surface area contributed by atoms with Gasteiger partial charge in [0.1, 0.15) is 5.60 Å². The number of aromatic nitrogens is 2. The topological polar surface area (TPSA) is 124 Å². The largest absolute Gasteiger partial charge is 0.398 e. The molecule has 0 unspecified atom stereocenters. The van der Waals surface area contributed by atoms with Crippen LogP contribution in [0.4, 0.5) is 11.5 Å². The van der Waals surface area contributed by atoms with Crippen LogP contribution in [0.3, 0.4) is 0 Å². The molecule has 6 rings (SSSR count). The zero-order valence-electron chi connectivity index (χ0n) is 28.5. The minimum absolute atomic E-state index is 0.0496. The number of nitrogens with two attached hydrogens (primary N) is 1. The van der Waals surface area contributed by atoms with Gasteiger partial charge in [0.15, 0.2) is 5.82 Å². The summed E-state index contributed by atoms with van der Waals surface area (Å²) in [6.45, 7) is 18.7. The summed E-state index contributed by atoms with van der Waals surface area (Å²) in [7, 11) is 0. The van der Waals surface area contributed by atoms with E-state index in [2.05, 4.69) is 41.8 Å². The summed E-state index contributed by atoms with van der Waals surface area (Å²) in [6.07, 6.45) is 6.10. The van der Waals surface area contributed by atoms with Crippen molar-refractivity contribution in [2.45, 2.75) is 70.6 Å². The Morgan fingerprint density at radius 3 is 2.44 bits per heavy atom. The van der Waals surface area contributed by atoms with Crippen molar-refractivity contribution in [3.8, 4) is 11.1 Å². The zero-order valence-corrected chi connectivity index (χ0v) is 30.0. The van der Waals surface area contributed by atoms with Gasteiger partial charge < -0.3 is 30.6 Å². The molecule has 0 bridgehead atoms. The van der Waals surface area contributed by atoms with E-state index in [9.17, 15) is 9.59 Å². The average molecular weight is 700 g/mol. The number of halogens is 2. The first-order valence-corrected chi connectivity index (χ1v) is 17.7. The fourth-order valence-electron chi connectivity index (χ4n) is 8.45. The van der Waals surface area contributed by atoms with Crippen LogP contribution in [-0.2, 0) is 14.3 Å². The second-order valence-electron chi connectivity index (χ2n) is 14.6. The molecule has 13 heteroatoms. The molecule has 5 heterocycles. The number of hydrogen-bond acceptors (Lipinski definition) is 8. The molecule has 4 fully saturated rings. The van der Waals surface area contributed by atoms with Gasteiger partial charge >= 0.3 is 0 Å². The molecule has 0 aliphatic carbocycles. The first kappa shape index (κ1) is 34.7. The van der Waals surface area contributed by atoms with Crippen LogP contribution in [0.1, 0.15) is 63.8 Å². The number of hydrogen-bond donors (Lipinski definition) is 2. The van der Waals surface area contributed by atoms with Crippen molar-refractivity contribution in [3.05, 3.63) is 40.0 Å². The fraction of sp³-hybridized carbons (Fsp3) is 0.600. The molecule has 11 nitrogen and oxygen atoms in total. The lowest BCUT2D eigenvalue weighted by Crippen LogP contribution is -2.71. The number of amides is 2. The highest BCUT2D eigenvalue weighted by Gasteiger charge is 2.49. The number of likely N-dealkylation sites (tertiary alicyclic amines) is 2. The molecule has 1 spiro atoms. The van der Waals surface area contributed by atoms with E-state index in [1.165, 1.54) is 12.3 Å². The van der Waals surface area contributed by atoms with Gasteiger partial charge in [-0.15, -0.1) is 0 Å². The lowest BCUT2D eigenvalue weighted by atomic mass is 9.81. The monoisotopic (exact) mass is 698 g/mol. The summed E-state index contributed by atoms with van der Waals surface area (Å²) in [5.74, 6) is 1.36. The molecule has 3 N–H and O–H groups in total. The Labute approximate surface area is 293 Å². The third-order valence-corrected chi connectivity index (χ3v) is 11.7. The van der Waals surface area contributed by atoms with E-state index in [1.807, 2.05) is 9.80 Å². The smallest absolute Gasteiger partial charge is 0.245 e. The molecular formula is C35H48Cl2N8O3. The molecule has 1 atom stereocenters. The molecule has 4 saturated heterocycles. The number of morpholine rings is 1. The van der Waals surface area contributed by atoms with Crippen LogP contribution >= 0.6 is 23.2 Å². The van der Waals surface area contributed by atoms with Crippen LogP contribution in [0.15, 0.2) is 18.7 Å². The number of piperidine rings is 2. The van der Waals surface area contributed by atoms with Gasteiger partial charge in [-0.1, -0.05) is 29.8 Å². The highest BCUT2D eigenvalue weighted by atomic mass is 35.5. The number of anilines is 2. The molecule has 260 valence electrons. The summed E-state index contributed by atoms with van der Waals surface area (Å²) >= 11 is 13.6. The predicted molar refractivity (Wildman–Crippen MR) is 191 cm³/mol. The van der Waals surface area contributed by atoms with Gasteiger partial charge in [0.2, 0.25) is 11.8 Å². The van der Waals surface area contributed by atoms with Gasteiger partial charge in [-0.2, -0.15) is 5.10 Å². The lowest BCUT2D eigenvalue weighted by molar-refractivity contribution is -0.191. The predicted octanol–water partition coefficient (Wildman–Crippen LogP) is 5.02. The first-order valence-electron chi connectivity index (χ1n) is 17.0. The molecule has 0 radical (unpaired) electrons. The summed E-state index contributed by atoms with van der Waals surface area (Å²) in [6, 6.07) is 1.69. The number of ether oxygens (including phenoxy) is 1. The van der Waals surface area contributed by atoms with Gasteiger partial charge in [0.25, 0.3) is 0 Å². The molecule has 0 saturated carbocycles. The fourth-order valence-corrected chi connectivity index (χ4v) is 8.91. The summed E-state index contributed by atoms with van der Waals surface area (Å²) < 4.78 is 8.28. The van der Waals surface area contributed by atoms with E-state index < -0.39 is 0 Å². The SMILES string of the molecule is C=CC(=O)N1CCC(n2nc(N3CC[C@@H](CN4CCOC5(C4)CN(C(C)=O)C5)CC3(C)C)c(-c3c(Cl)c(Cl)cc(N)c3C=N)c2C)CC1. The quantitative estimate of drug-likeness (QED) is 0.236. The minimum Gasteiger partial charge on any atom is -0.398 e. The lowest BCUT2D eigenvalue weighted by Gasteiger charge is -2.54. The highest BCUT2D eigenvalue weighted by molar-refractivity contribution is 6.44. The number of nitrogens with one attached hydrogen (secondary N) is 1. The van der Waals surface area contributed by atoms with Crippen molar-refractivity contribution >= 4 is 52.7 Å². The Bertz CT molecular complexity index is 1610. The Kier molecular flexibility index (Phi) is 9.63. The van der Waals surface area contributed by atoms with E-state index >= 15 is 0 Å². The van der Waals surface area contributed by atoms with Crippen LogP contribution in [0.5, 0.6) is 0 Å². The summed E-state index contributed by atoms with van der Waals surface area (Å²) in [4.78, 5) is 32.8. The van der Waals surface area contributed by atoms with Crippen molar-refractivity contribution in [2.75, 3.05) is 69.6 Å². The van der Waals surface area contributed by atoms with Gasteiger partial charge in [0, 0.05) is 86.0 Å². The molecule has 4 aliphatic heterocycles. The maximum atomic E-state index is 12.3. The molecule has 1 aromatic heterocycles. The standard InChI is InChI=1S/C35H48Cl2N8O3/c1-6-29(47)42-10-8-25(9-11-42)45-22(2)30(31-26(17-38)28(39)15-27(36)32(31)37)33(40-45)44-12-7-24(16-34(44,4)5)18-41-13-14-48-35(19-41)20-43(21-35)23(3)46/h6,15,17,24-25,38H,1,7-14,16,18-21,39H2,2-5H3/t24-/m1/s1. The second kappa shape index (κ2) is 13.3. The summed E-state index contributed by atoms with van der Waals surface area (Å²) in [5.41, 5.74) is 9.27. The Balaban J connectivity index is 1.29. The maximum Gasteiger partial charge on any atom is 0.245 e. The Morgan fingerprint density at radius 2 is 1.81 bits per heavy atom. The number of nitrogen functional groups attached to an aromatic ring is 1. The van der Waals surface area contributed by atoms with Crippen LogP contribution < -0.4 is 10.6 Å². The molecular weight excluding hydrogens is 651 g/mol. The van der Waals surface area contributed by atoms with E-state index in [0.29, 0.717) is 65.6 Å². The van der Waals surface area contributed by atoms with Crippen LogP contribution in [0, 0.1) is 18.3 Å². The number of benzene rings is 1.